The van der Waals surface area contributed by atoms with Crippen molar-refractivity contribution >= 4 is 29.9 Å². The van der Waals surface area contributed by atoms with Gasteiger partial charge in [-0.25, -0.2) is 0 Å². The van der Waals surface area contributed by atoms with Crippen molar-refractivity contribution in [3.05, 3.63) is 29.8 Å². The monoisotopic (exact) mass is 429 g/mol. The summed E-state index contributed by atoms with van der Waals surface area (Å²) in [7, 11) is 3.29. The van der Waals surface area contributed by atoms with Crippen molar-refractivity contribution in [1.82, 2.24) is 10.6 Å². The molecule has 0 radical (unpaired) electrons. The van der Waals surface area contributed by atoms with Crippen molar-refractivity contribution in [2.45, 2.75) is 19.6 Å². The normalized spacial score (nSPS) is 11.0. The van der Waals surface area contributed by atoms with Gasteiger partial charge in [-0.1, -0.05) is 18.2 Å². The maximum Gasteiger partial charge on any atom is 0.387 e. The lowest BCUT2D eigenvalue weighted by atomic mass is 10.2. The molecule has 1 aromatic rings. The summed E-state index contributed by atoms with van der Waals surface area (Å²) in [6.45, 7) is -1.12. The fourth-order valence-electron chi connectivity index (χ4n) is 1.68. The Hall–Kier alpha value is -1.16. The van der Waals surface area contributed by atoms with E-state index in [4.69, 9.17) is 4.74 Å². The fraction of sp³-hybridized carbons (Fsp3) is 0.500. The minimum Gasteiger partial charge on any atom is -0.434 e. The highest BCUT2D eigenvalue weighted by molar-refractivity contribution is 14.0. The fourth-order valence-corrected chi connectivity index (χ4v) is 1.68. The lowest BCUT2D eigenvalue weighted by Crippen LogP contribution is -2.37. The Morgan fingerprint density at radius 3 is 2.64 bits per heavy atom. The minimum absolute atomic E-state index is 0. The molecule has 0 aromatic heterocycles. The van der Waals surface area contributed by atoms with Crippen LogP contribution in [0.2, 0.25) is 0 Å². The molecule has 22 heavy (non-hydrogen) atoms. The Balaban J connectivity index is 0.00000441. The van der Waals surface area contributed by atoms with Gasteiger partial charge in [0.2, 0.25) is 0 Å². The van der Waals surface area contributed by atoms with Crippen molar-refractivity contribution in [2.24, 2.45) is 4.99 Å². The molecule has 0 fully saturated rings. The molecule has 8 heteroatoms. The second-order valence-corrected chi connectivity index (χ2v) is 4.19. The third kappa shape index (κ3) is 8.32. The van der Waals surface area contributed by atoms with Crippen LogP contribution in [0.15, 0.2) is 29.3 Å². The number of methoxy groups -OCH3 is 1. The first-order valence-corrected chi connectivity index (χ1v) is 6.63. The quantitative estimate of drug-likeness (QED) is 0.289. The number of para-hydroxylation sites is 1. The van der Waals surface area contributed by atoms with Crippen LogP contribution in [0.4, 0.5) is 8.78 Å². The van der Waals surface area contributed by atoms with Crippen LogP contribution >= 0.6 is 24.0 Å². The zero-order valence-corrected chi connectivity index (χ0v) is 15.0. The number of rotatable bonds is 8. The molecule has 0 heterocycles. The highest BCUT2D eigenvalue weighted by atomic mass is 127. The molecule has 0 saturated carbocycles. The van der Waals surface area contributed by atoms with Gasteiger partial charge in [0.05, 0.1) is 0 Å². The first-order valence-electron chi connectivity index (χ1n) is 6.63. The topological polar surface area (TPSA) is 54.9 Å². The molecule has 1 rings (SSSR count). The molecule has 0 amide bonds. The van der Waals surface area contributed by atoms with E-state index in [1.165, 1.54) is 6.07 Å². The van der Waals surface area contributed by atoms with Crippen LogP contribution < -0.4 is 15.4 Å². The van der Waals surface area contributed by atoms with E-state index in [9.17, 15) is 8.78 Å². The molecular weight excluding hydrogens is 407 g/mol. The van der Waals surface area contributed by atoms with E-state index in [1.54, 1.807) is 32.4 Å². The number of nitrogens with zero attached hydrogens (tertiary/aromatic N) is 1. The summed E-state index contributed by atoms with van der Waals surface area (Å²) in [5, 5.41) is 6.15. The highest BCUT2D eigenvalue weighted by Gasteiger charge is 2.09. The molecule has 0 aliphatic heterocycles. The maximum absolute atomic E-state index is 12.3. The smallest absolute Gasteiger partial charge is 0.387 e. The largest absolute Gasteiger partial charge is 0.434 e. The Morgan fingerprint density at radius 2 is 2.00 bits per heavy atom. The van der Waals surface area contributed by atoms with Gasteiger partial charge in [0.25, 0.3) is 0 Å². The van der Waals surface area contributed by atoms with Crippen LogP contribution in [0.25, 0.3) is 0 Å². The van der Waals surface area contributed by atoms with Gasteiger partial charge in [0, 0.05) is 39.4 Å². The second-order valence-electron chi connectivity index (χ2n) is 4.19. The van der Waals surface area contributed by atoms with Crippen LogP contribution in [-0.4, -0.2) is 39.9 Å². The number of ether oxygens (including phenoxy) is 2. The average molecular weight is 429 g/mol. The number of aliphatic imine (C=N–C) groups is 1. The van der Waals surface area contributed by atoms with Crippen LogP contribution in [0.5, 0.6) is 5.75 Å². The number of alkyl halides is 2. The lowest BCUT2D eigenvalue weighted by molar-refractivity contribution is -0.0504. The SMILES string of the molecule is CN=C(NCCCOC)NCc1ccccc1OC(F)F.I. The van der Waals surface area contributed by atoms with Crippen molar-refractivity contribution in [3.63, 3.8) is 0 Å². The van der Waals surface area contributed by atoms with E-state index in [0.29, 0.717) is 31.2 Å². The molecule has 0 aliphatic rings. The third-order valence-corrected chi connectivity index (χ3v) is 2.68. The van der Waals surface area contributed by atoms with Gasteiger partial charge in [-0.3, -0.25) is 4.99 Å². The van der Waals surface area contributed by atoms with E-state index in [1.807, 2.05) is 0 Å². The lowest BCUT2D eigenvalue weighted by Gasteiger charge is -2.14. The number of halogens is 3. The summed E-state index contributed by atoms with van der Waals surface area (Å²) in [4.78, 5) is 4.06. The third-order valence-electron chi connectivity index (χ3n) is 2.68. The summed E-state index contributed by atoms with van der Waals surface area (Å²) in [5.41, 5.74) is 0.637. The molecule has 5 nitrogen and oxygen atoms in total. The number of hydrogen-bond donors (Lipinski definition) is 2. The number of guanidine groups is 1. The zero-order chi connectivity index (χ0) is 15.5. The molecule has 126 valence electrons. The molecule has 0 spiro atoms. The number of benzene rings is 1. The van der Waals surface area contributed by atoms with Gasteiger partial charge in [-0.2, -0.15) is 8.78 Å². The second kappa shape index (κ2) is 12.4. The average Bonchev–Trinajstić information content (AvgIpc) is 2.47. The summed E-state index contributed by atoms with van der Waals surface area (Å²) in [6, 6.07) is 6.66. The van der Waals surface area contributed by atoms with E-state index in [-0.39, 0.29) is 29.7 Å². The minimum atomic E-state index is -2.84. The Morgan fingerprint density at radius 1 is 1.27 bits per heavy atom. The van der Waals surface area contributed by atoms with E-state index in [0.717, 1.165) is 6.42 Å². The number of hydrogen-bond acceptors (Lipinski definition) is 3. The van der Waals surface area contributed by atoms with Crippen LogP contribution in [0.1, 0.15) is 12.0 Å². The van der Waals surface area contributed by atoms with E-state index >= 15 is 0 Å². The molecule has 0 atom stereocenters. The predicted molar refractivity (Wildman–Crippen MR) is 93.2 cm³/mol. The number of nitrogens with one attached hydrogen (secondary N) is 2. The predicted octanol–water partition coefficient (Wildman–Crippen LogP) is 2.61. The van der Waals surface area contributed by atoms with Gasteiger partial charge in [-0.15, -0.1) is 24.0 Å². The van der Waals surface area contributed by atoms with E-state index < -0.39 is 6.61 Å². The van der Waals surface area contributed by atoms with Crippen molar-refractivity contribution in [2.75, 3.05) is 27.3 Å². The van der Waals surface area contributed by atoms with Gasteiger partial charge < -0.3 is 20.1 Å². The first-order chi connectivity index (χ1) is 10.2. The van der Waals surface area contributed by atoms with Gasteiger partial charge >= 0.3 is 6.61 Å². The van der Waals surface area contributed by atoms with Gasteiger partial charge in [-0.05, 0) is 12.5 Å². The van der Waals surface area contributed by atoms with Gasteiger partial charge in [0.1, 0.15) is 5.75 Å². The standard InChI is InChI=1S/C14H21F2N3O2.HI/c1-17-14(18-8-5-9-20-2)19-10-11-6-3-4-7-12(11)21-13(15)16;/h3-4,6-7,13H,5,8-10H2,1-2H3,(H2,17,18,19);1H. The van der Waals surface area contributed by atoms with Crippen LogP contribution in [0.3, 0.4) is 0 Å². The van der Waals surface area contributed by atoms with Crippen LogP contribution in [-0.2, 0) is 11.3 Å². The molecule has 0 aliphatic carbocycles. The van der Waals surface area contributed by atoms with Gasteiger partial charge in [0.15, 0.2) is 5.96 Å². The Kier molecular flexibility index (Phi) is 11.7. The summed E-state index contributed by atoms with van der Waals surface area (Å²) in [6.07, 6.45) is 0.849. The van der Waals surface area contributed by atoms with Crippen molar-refractivity contribution in [3.8, 4) is 5.75 Å². The van der Waals surface area contributed by atoms with E-state index in [2.05, 4.69) is 20.4 Å². The van der Waals surface area contributed by atoms with Crippen molar-refractivity contribution in [1.29, 1.82) is 0 Å². The van der Waals surface area contributed by atoms with Crippen LogP contribution in [0, 0.1) is 0 Å². The molecule has 1 aromatic carbocycles. The molecule has 2 N–H and O–H groups in total. The Labute approximate surface area is 146 Å². The first kappa shape index (κ1) is 20.8. The highest BCUT2D eigenvalue weighted by Crippen LogP contribution is 2.19. The Bertz CT molecular complexity index is 448. The molecular formula is C14H22F2IN3O2. The summed E-state index contributed by atoms with van der Waals surface area (Å²) in [5.74, 6) is 0.757. The summed E-state index contributed by atoms with van der Waals surface area (Å²) < 4.78 is 34.1. The molecule has 0 unspecified atom stereocenters. The maximum atomic E-state index is 12.3. The molecule has 0 bridgehead atoms. The zero-order valence-electron chi connectivity index (χ0n) is 12.6. The summed E-state index contributed by atoms with van der Waals surface area (Å²) >= 11 is 0. The molecule has 0 saturated heterocycles. The van der Waals surface area contributed by atoms with Crippen molar-refractivity contribution < 1.29 is 18.3 Å².